The van der Waals surface area contributed by atoms with Crippen LogP contribution in [0.3, 0.4) is 0 Å². The molecule has 1 aliphatic rings. The van der Waals surface area contributed by atoms with Gasteiger partial charge in [-0.1, -0.05) is 12.1 Å². The predicted molar refractivity (Wildman–Crippen MR) is 81.0 cm³/mol. The predicted octanol–water partition coefficient (Wildman–Crippen LogP) is 2.92. The fraction of sp³-hybridized carbons (Fsp3) is 0.500. The third-order valence-electron chi connectivity index (χ3n) is 3.44. The number of benzene rings is 1. The van der Waals surface area contributed by atoms with Crippen LogP contribution in [0, 0.1) is 0 Å². The number of carbonyl (C=O) groups is 2. The monoisotopic (exact) mass is 290 g/mol. The lowest BCUT2D eigenvalue weighted by Gasteiger charge is -2.24. The van der Waals surface area contributed by atoms with Crippen LogP contribution in [0.2, 0.25) is 0 Å². The van der Waals surface area contributed by atoms with Crippen molar-refractivity contribution >= 4 is 17.7 Å². The van der Waals surface area contributed by atoms with Crippen LogP contribution in [0.5, 0.6) is 0 Å². The summed E-state index contributed by atoms with van der Waals surface area (Å²) in [5, 5.41) is 0. The van der Waals surface area contributed by atoms with E-state index in [9.17, 15) is 9.59 Å². The lowest BCUT2D eigenvalue weighted by atomic mass is 10.1. The van der Waals surface area contributed by atoms with Gasteiger partial charge in [0, 0.05) is 31.8 Å². The Kier molecular flexibility index (Phi) is 3.94. The molecule has 5 nitrogen and oxygen atoms in total. The highest BCUT2D eigenvalue weighted by Gasteiger charge is 2.30. The third kappa shape index (κ3) is 3.35. The van der Waals surface area contributed by atoms with Crippen LogP contribution in [0.25, 0.3) is 0 Å². The van der Waals surface area contributed by atoms with Gasteiger partial charge in [-0.2, -0.15) is 0 Å². The first kappa shape index (κ1) is 15.4. The van der Waals surface area contributed by atoms with Crippen molar-refractivity contribution in [3.63, 3.8) is 0 Å². The number of nitrogens with zero attached hydrogens (tertiary/aromatic N) is 2. The molecule has 0 unspecified atom stereocenters. The highest BCUT2D eigenvalue weighted by molar-refractivity contribution is 5.92. The number of hydrogen-bond acceptors (Lipinski definition) is 3. The third-order valence-corrected chi connectivity index (χ3v) is 3.44. The summed E-state index contributed by atoms with van der Waals surface area (Å²) >= 11 is 0. The minimum Gasteiger partial charge on any atom is -0.444 e. The van der Waals surface area contributed by atoms with Crippen LogP contribution in [-0.2, 0) is 22.6 Å². The summed E-state index contributed by atoms with van der Waals surface area (Å²) in [5.41, 5.74) is 2.42. The maximum Gasteiger partial charge on any atom is 0.410 e. The van der Waals surface area contributed by atoms with Crippen LogP contribution < -0.4 is 4.90 Å². The van der Waals surface area contributed by atoms with Crippen molar-refractivity contribution in [2.45, 2.75) is 46.4 Å². The van der Waals surface area contributed by atoms with Crippen molar-refractivity contribution in [2.75, 3.05) is 11.9 Å². The topological polar surface area (TPSA) is 49.9 Å². The molecule has 1 aliphatic heterocycles. The molecule has 0 saturated heterocycles. The number of hydrogen-bond donors (Lipinski definition) is 0. The van der Waals surface area contributed by atoms with E-state index in [0.29, 0.717) is 13.1 Å². The Morgan fingerprint density at radius 3 is 2.48 bits per heavy atom. The van der Waals surface area contributed by atoms with Gasteiger partial charge in [-0.05, 0) is 32.4 Å². The van der Waals surface area contributed by atoms with Crippen molar-refractivity contribution < 1.29 is 14.3 Å². The van der Waals surface area contributed by atoms with Crippen molar-refractivity contribution in [1.82, 2.24) is 4.90 Å². The number of amides is 2. The molecule has 1 aromatic carbocycles. The zero-order chi connectivity index (χ0) is 15.8. The minimum absolute atomic E-state index is 0.0286. The number of ether oxygens (including phenoxy) is 1. The maximum atomic E-state index is 12.2. The Morgan fingerprint density at radius 1 is 1.24 bits per heavy atom. The van der Waals surface area contributed by atoms with Crippen LogP contribution in [-0.4, -0.2) is 29.5 Å². The van der Waals surface area contributed by atoms with E-state index in [1.54, 1.807) is 16.8 Å². The van der Waals surface area contributed by atoms with Crippen molar-refractivity contribution in [2.24, 2.45) is 0 Å². The van der Waals surface area contributed by atoms with Gasteiger partial charge in [-0.25, -0.2) is 4.79 Å². The SMILES string of the molecule is CC(=O)N(C)c1cccc2c1CN(C(=O)OC(C)(C)C)C2. The van der Waals surface area contributed by atoms with Crippen LogP contribution in [0.15, 0.2) is 18.2 Å². The molecule has 2 rings (SSSR count). The van der Waals surface area contributed by atoms with Crippen LogP contribution in [0.1, 0.15) is 38.8 Å². The molecule has 0 aliphatic carbocycles. The maximum absolute atomic E-state index is 12.2. The number of carbonyl (C=O) groups excluding carboxylic acids is 2. The summed E-state index contributed by atoms with van der Waals surface area (Å²) < 4.78 is 5.41. The Bertz CT molecular complexity index is 575. The molecule has 5 heteroatoms. The lowest BCUT2D eigenvalue weighted by molar-refractivity contribution is -0.116. The Labute approximate surface area is 125 Å². The van der Waals surface area contributed by atoms with Crippen LogP contribution >= 0.6 is 0 Å². The second-order valence-electron chi connectivity index (χ2n) is 6.33. The van der Waals surface area contributed by atoms with Crippen molar-refractivity contribution in [1.29, 1.82) is 0 Å². The van der Waals surface area contributed by atoms with Gasteiger partial charge in [0.25, 0.3) is 0 Å². The molecule has 0 N–H and O–H groups in total. The van der Waals surface area contributed by atoms with E-state index >= 15 is 0 Å². The van der Waals surface area contributed by atoms with Gasteiger partial charge in [-0.3, -0.25) is 9.69 Å². The minimum atomic E-state index is -0.509. The fourth-order valence-corrected chi connectivity index (χ4v) is 2.34. The summed E-state index contributed by atoms with van der Waals surface area (Å²) in [6.07, 6.45) is -0.324. The highest BCUT2D eigenvalue weighted by Crippen LogP contribution is 2.32. The average Bonchev–Trinajstić information content (AvgIpc) is 2.79. The number of fused-ring (bicyclic) bond motifs is 1. The van der Waals surface area contributed by atoms with E-state index in [0.717, 1.165) is 16.8 Å². The Morgan fingerprint density at radius 2 is 1.90 bits per heavy atom. The molecule has 0 saturated carbocycles. The molecule has 0 radical (unpaired) electrons. The molecule has 21 heavy (non-hydrogen) atoms. The van der Waals surface area contributed by atoms with Gasteiger partial charge < -0.3 is 9.64 Å². The number of rotatable bonds is 1. The van der Waals surface area contributed by atoms with Crippen LogP contribution in [0.4, 0.5) is 10.5 Å². The van der Waals surface area contributed by atoms with Gasteiger partial charge in [0.05, 0.1) is 6.54 Å². The summed E-state index contributed by atoms with van der Waals surface area (Å²) in [4.78, 5) is 27.0. The molecule has 0 spiro atoms. The summed E-state index contributed by atoms with van der Waals surface area (Å²) in [7, 11) is 1.74. The number of anilines is 1. The molecule has 0 bridgehead atoms. The molecule has 2 amide bonds. The molecular formula is C16H22N2O3. The molecule has 0 aromatic heterocycles. The Balaban J connectivity index is 2.21. The Hall–Kier alpha value is -2.04. The normalized spacial score (nSPS) is 13.9. The van der Waals surface area contributed by atoms with E-state index in [1.165, 1.54) is 6.92 Å². The largest absolute Gasteiger partial charge is 0.444 e. The summed E-state index contributed by atoms with van der Waals surface area (Å²) in [6.45, 7) is 8.07. The van der Waals surface area contributed by atoms with E-state index in [4.69, 9.17) is 4.74 Å². The zero-order valence-corrected chi connectivity index (χ0v) is 13.3. The van der Waals surface area contributed by atoms with Gasteiger partial charge in [0.1, 0.15) is 5.60 Å². The smallest absolute Gasteiger partial charge is 0.410 e. The fourth-order valence-electron chi connectivity index (χ4n) is 2.34. The first-order valence-corrected chi connectivity index (χ1v) is 7.02. The molecule has 1 aromatic rings. The van der Waals surface area contributed by atoms with Crippen molar-refractivity contribution in [3.05, 3.63) is 29.3 Å². The average molecular weight is 290 g/mol. The molecule has 1 heterocycles. The van der Waals surface area contributed by atoms with E-state index in [2.05, 4.69) is 0 Å². The van der Waals surface area contributed by atoms with Crippen molar-refractivity contribution in [3.8, 4) is 0 Å². The van der Waals surface area contributed by atoms with Gasteiger partial charge >= 0.3 is 6.09 Å². The van der Waals surface area contributed by atoms with Gasteiger partial charge in [0.2, 0.25) is 5.91 Å². The van der Waals surface area contributed by atoms with E-state index in [1.807, 2.05) is 39.0 Å². The quantitative estimate of drug-likeness (QED) is 0.799. The molecule has 0 atom stereocenters. The molecule has 0 fully saturated rings. The first-order valence-electron chi connectivity index (χ1n) is 7.02. The highest BCUT2D eigenvalue weighted by atomic mass is 16.6. The zero-order valence-electron chi connectivity index (χ0n) is 13.3. The molecule has 114 valence electrons. The molecular weight excluding hydrogens is 268 g/mol. The first-order chi connectivity index (χ1) is 9.69. The van der Waals surface area contributed by atoms with Gasteiger partial charge in [0.15, 0.2) is 0 Å². The second kappa shape index (κ2) is 5.39. The van der Waals surface area contributed by atoms with Gasteiger partial charge in [-0.15, -0.1) is 0 Å². The van der Waals surface area contributed by atoms with E-state index < -0.39 is 5.60 Å². The summed E-state index contributed by atoms with van der Waals surface area (Å²) in [5.74, 6) is -0.0286. The lowest BCUT2D eigenvalue weighted by Crippen LogP contribution is -2.33. The summed E-state index contributed by atoms with van der Waals surface area (Å²) in [6, 6.07) is 5.79. The second-order valence-corrected chi connectivity index (χ2v) is 6.33. The standard InChI is InChI=1S/C16H22N2O3/c1-11(19)17(5)14-8-6-7-12-9-18(10-13(12)14)15(20)21-16(2,3)4/h6-8H,9-10H2,1-5H3. The van der Waals surface area contributed by atoms with E-state index in [-0.39, 0.29) is 12.0 Å².